The number of hydrogen-bond donors (Lipinski definition) is 0. The van der Waals surface area contributed by atoms with Crippen LogP contribution < -0.4 is 14.4 Å². The number of ether oxygens (including phenoxy) is 3. The number of aromatic nitrogens is 1. The quantitative estimate of drug-likeness (QED) is 0.185. The van der Waals surface area contributed by atoms with Gasteiger partial charge in [0.05, 0.1) is 17.9 Å². The zero-order valence-corrected chi connectivity index (χ0v) is 22.8. The number of alkyl halides is 3. The van der Waals surface area contributed by atoms with E-state index in [2.05, 4.69) is 4.98 Å². The van der Waals surface area contributed by atoms with E-state index >= 15 is 0 Å². The van der Waals surface area contributed by atoms with Gasteiger partial charge in [-0.2, -0.15) is 21.6 Å². The normalized spacial score (nSPS) is 11.8. The van der Waals surface area contributed by atoms with Crippen molar-refractivity contribution in [3.63, 3.8) is 0 Å². The van der Waals surface area contributed by atoms with E-state index in [0.717, 1.165) is 11.3 Å². The molecular weight excluding hydrogens is 553 g/mol. The molecule has 212 valence electrons. The highest BCUT2D eigenvalue weighted by Crippen LogP contribution is 2.42. The minimum atomic E-state index is -4.67. The number of benzene rings is 1. The molecule has 0 aliphatic rings. The number of unbranched alkanes of at least 4 members (excludes halogenated alkanes) is 2. The van der Waals surface area contributed by atoms with Gasteiger partial charge in [-0.1, -0.05) is 44.4 Å². The van der Waals surface area contributed by atoms with Crippen LogP contribution in [0.2, 0.25) is 5.02 Å². The third-order valence-electron chi connectivity index (χ3n) is 4.98. The predicted octanol–water partition coefficient (Wildman–Crippen LogP) is 6.44. The van der Waals surface area contributed by atoms with E-state index < -0.39 is 33.0 Å². The van der Waals surface area contributed by atoms with E-state index in [9.17, 15) is 26.4 Å². The molecule has 0 bridgehead atoms. The Hall–Kier alpha value is -2.77. The molecule has 0 radical (unpaired) electrons. The summed E-state index contributed by atoms with van der Waals surface area (Å²) in [6, 6.07) is 5.07. The maximum absolute atomic E-state index is 13.1. The molecule has 1 amide bonds. The van der Waals surface area contributed by atoms with E-state index in [1.54, 1.807) is 6.92 Å². The highest BCUT2D eigenvalue weighted by molar-refractivity contribution is 7.87. The molecule has 1 aromatic heterocycles. The fourth-order valence-electron chi connectivity index (χ4n) is 3.20. The Bertz CT molecular complexity index is 1180. The van der Waals surface area contributed by atoms with Crippen molar-refractivity contribution in [3.8, 4) is 17.4 Å². The topological polar surface area (TPSA) is 104 Å². The molecule has 9 nitrogen and oxygen atoms in total. The van der Waals surface area contributed by atoms with Crippen LogP contribution in [0.5, 0.6) is 17.4 Å². The molecule has 1 aromatic carbocycles. The zero-order valence-electron chi connectivity index (χ0n) is 21.2. The van der Waals surface area contributed by atoms with Crippen molar-refractivity contribution in [2.24, 2.45) is 0 Å². The minimum absolute atomic E-state index is 0.00149. The molecule has 0 aliphatic carbocycles. The molecule has 0 saturated heterocycles. The maximum atomic E-state index is 13.1. The lowest BCUT2D eigenvalue weighted by Crippen LogP contribution is -2.35. The van der Waals surface area contributed by atoms with Crippen molar-refractivity contribution in [2.75, 3.05) is 37.5 Å². The molecule has 0 fully saturated rings. The Morgan fingerprint density at radius 1 is 1.11 bits per heavy atom. The number of para-hydroxylation sites is 1. The summed E-state index contributed by atoms with van der Waals surface area (Å²) in [5, 5.41) is -0.431. The molecule has 0 unspecified atom stereocenters. The number of anilines is 1. The first-order chi connectivity index (χ1) is 17.9. The van der Waals surface area contributed by atoms with Crippen LogP contribution in [0.1, 0.15) is 45.1 Å². The van der Waals surface area contributed by atoms with Gasteiger partial charge in [-0.15, -0.1) is 0 Å². The van der Waals surface area contributed by atoms with E-state index in [0.29, 0.717) is 31.5 Å². The van der Waals surface area contributed by atoms with Crippen LogP contribution in [-0.2, 0) is 25.2 Å². The van der Waals surface area contributed by atoms with Crippen molar-refractivity contribution >= 4 is 33.5 Å². The number of hydrogen-bond acceptors (Lipinski definition) is 8. The molecule has 0 aliphatic heterocycles. The van der Waals surface area contributed by atoms with Crippen molar-refractivity contribution in [1.29, 1.82) is 0 Å². The zero-order chi connectivity index (χ0) is 28.3. The van der Waals surface area contributed by atoms with Gasteiger partial charge in [0, 0.05) is 19.9 Å². The second-order valence-electron chi connectivity index (χ2n) is 8.02. The molecule has 0 atom stereocenters. The Morgan fingerprint density at radius 2 is 1.82 bits per heavy atom. The van der Waals surface area contributed by atoms with E-state index in [4.69, 9.17) is 30.0 Å². The molecule has 14 heteroatoms. The lowest BCUT2D eigenvalue weighted by atomic mass is 10.2. The maximum Gasteiger partial charge on any atom is 0.430 e. The summed E-state index contributed by atoms with van der Waals surface area (Å²) in [6.45, 7) is 3.91. The number of nitrogens with zero attached hydrogens (tertiary/aromatic N) is 2. The first-order valence-corrected chi connectivity index (χ1v) is 13.8. The number of methoxy groups -OCH3 is 1. The van der Waals surface area contributed by atoms with Crippen molar-refractivity contribution < 1.29 is 44.8 Å². The van der Waals surface area contributed by atoms with Crippen LogP contribution in [0.4, 0.5) is 23.7 Å². The molecular formula is C24H30ClF3N2O7S. The van der Waals surface area contributed by atoms with Gasteiger partial charge in [0.25, 0.3) is 0 Å². The average molecular weight is 583 g/mol. The SMILES string of the molecule is CCCCCS(=O)(=O)OC(=O)N(CCC)c1c(OCCOC)cccc1Oc1ncc(C(F)(F)F)cc1Cl. The summed E-state index contributed by atoms with van der Waals surface area (Å²) >= 11 is 6.01. The van der Waals surface area contributed by atoms with Gasteiger partial charge in [0.2, 0.25) is 5.88 Å². The fourth-order valence-corrected chi connectivity index (χ4v) is 4.36. The third-order valence-corrected chi connectivity index (χ3v) is 6.44. The molecule has 0 N–H and O–H groups in total. The van der Waals surface area contributed by atoms with Crippen molar-refractivity contribution in [2.45, 2.75) is 45.7 Å². The van der Waals surface area contributed by atoms with Crippen molar-refractivity contribution in [1.82, 2.24) is 4.98 Å². The highest BCUT2D eigenvalue weighted by Gasteiger charge is 2.33. The van der Waals surface area contributed by atoms with Gasteiger partial charge >= 0.3 is 22.4 Å². The van der Waals surface area contributed by atoms with Gasteiger partial charge in [0.1, 0.15) is 23.1 Å². The Balaban J connectivity index is 2.51. The van der Waals surface area contributed by atoms with Gasteiger partial charge < -0.3 is 18.4 Å². The summed E-state index contributed by atoms with van der Waals surface area (Å²) < 4.78 is 85.2. The third kappa shape index (κ3) is 9.21. The van der Waals surface area contributed by atoms with Gasteiger partial charge in [-0.25, -0.2) is 9.78 Å². The summed E-state index contributed by atoms with van der Waals surface area (Å²) in [5.74, 6) is -0.682. The Labute approximate surface area is 224 Å². The summed E-state index contributed by atoms with van der Waals surface area (Å²) in [7, 11) is -2.72. The van der Waals surface area contributed by atoms with E-state index in [1.807, 2.05) is 6.92 Å². The van der Waals surface area contributed by atoms with Crippen LogP contribution in [0.3, 0.4) is 0 Å². The molecule has 0 saturated carbocycles. The summed E-state index contributed by atoms with van der Waals surface area (Å²) in [6.07, 6.45) is -3.18. The molecule has 2 rings (SSSR count). The van der Waals surface area contributed by atoms with Crippen LogP contribution in [0, 0.1) is 0 Å². The molecule has 2 aromatic rings. The molecule has 0 spiro atoms. The van der Waals surface area contributed by atoms with Crippen molar-refractivity contribution in [3.05, 3.63) is 41.0 Å². The number of pyridine rings is 1. The number of rotatable bonds is 14. The number of halogens is 4. The van der Waals surface area contributed by atoms with E-state index in [-0.39, 0.29) is 48.6 Å². The van der Waals surface area contributed by atoms with Gasteiger partial charge in [-0.05, 0) is 31.0 Å². The summed E-state index contributed by atoms with van der Waals surface area (Å²) in [4.78, 5) is 17.8. The largest absolute Gasteiger partial charge is 0.489 e. The Kier molecular flexibility index (Phi) is 11.9. The number of amides is 1. The number of carbonyl (C=O) groups is 1. The standard InChI is InChI=1S/C24H30ClF3N2O7S/c1-4-6-7-14-38(32,33)37-23(31)30(11-5-2)21-19(35-13-12-34-3)9-8-10-20(21)36-22-18(25)15-17(16-29-22)24(26,27)28/h8-10,15-16H,4-7,11-14H2,1-3H3. The van der Waals surface area contributed by atoms with Crippen LogP contribution in [0.25, 0.3) is 0 Å². The second-order valence-corrected chi connectivity index (χ2v) is 10.1. The Morgan fingerprint density at radius 3 is 2.42 bits per heavy atom. The van der Waals surface area contributed by atoms with Crippen LogP contribution >= 0.6 is 11.6 Å². The van der Waals surface area contributed by atoms with Crippen LogP contribution in [-0.4, -0.2) is 52.1 Å². The van der Waals surface area contributed by atoms with Gasteiger partial charge in [-0.3, -0.25) is 4.90 Å². The monoisotopic (exact) mass is 582 g/mol. The highest BCUT2D eigenvalue weighted by atomic mass is 35.5. The van der Waals surface area contributed by atoms with Crippen LogP contribution in [0.15, 0.2) is 30.5 Å². The predicted molar refractivity (Wildman–Crippen MR) is 136 cm³/mol. The summed E-state index contributed by atoms with van der Waals surface area (Å²) in [5.41, 5.74) is -1.09. The molecule has 1 heterocycles. The lowest BCUT2D eigenvalue weighted by Gasteiger charge is -2.26. The minimum Gasteiger partial charge on any atom is -0.489 e. The molecule has 38 heavy (non-hydrogen) atoms. The first-order valence-electron chi connectivity index (χ1n) is 11.8. The average Bonchev–Trinajstić information content (AvgIpc) is 2.83. The number of carbonyl (C=O) groups excluding carboxylic acids is 1. The van der Waals surface area contributed by atoms with Gasteiger partial charge in [0.15, 0.2) is 5.75 Å². The van der Waals surface area contributed by atoms with E-state index in [1.165, 1.54) is 25.3 Å². The second kappa shape index (κ2) is 14.4. The fraction of sp³-hybridized carbons (Fsp3) is 0.500. The lowest BCUT2D eigenvalue weighted by molar-refractivity contribution is -0.137. The smallest absolute Gasteiger partial charge is 0.430 e. The first kappa shape index (κ1) is 31.4.